The van der Waals surface area contributed by atoms with Gasteiger partial charge in [0.2, 0.25) is 0 Å². The van der Waals surface area contributed by atoms with Gasteiger partial charge in [0.25, 0.3) is 0 Å². The molecule has 0 aromatic rings. The zero-order valence-electron chi connectivity index (χ0n) is 14.1. The number of carbonyl (C=O) groups excluding carboxylic acids is 2. The zero-order valence-corrected chi connectivity index (χ0v) is 14.1. The molecule has 2 heterocycles. The van der Waals surface area contributed by atoms with Crippen LogP contribution in [0, 0.1) is 23.7 Å². The Morgan fingerprint density at radius 2 is 0.955 bits per heavy atom. The lowest BCUT2D eigenvalue weighted by atomic mass is 9.87. The number of rotatable bonds is 0. The average molecular weight is 316 g/mol. The highest BCUT2D eigenvalue weighted by atomic mass is 16.6. The van der Waals surface area contributed by atoms with E-state index in [2.05, 4.69) is 0 Å². The summed E-state index contributed by atoms with van der Waals surface area (Å²) in [5.74, 6) is -1.24. The van der Waals surface area contributed by atoms with Crippen molar-refractivity contribution in [1.29, 1.82) is 0 Å². The van der Waals surface area contributed by atoms with E-state index in [1.165, 1.54) is 0 Å². The Morgan fingerprint density at radius 3 is 1.23 bits per heavy atom. The molecule has 2 fully saturated rings. The quantitative estimate of drug-likeness (QED) is 0.651. The van der Waals surface area contributed by atoms with Crippen LogP contribution in [0.1, 0.15) is 41.5 Å². The maximum absolute atomic E-state index is 11.0. The number of ether oxygens (including phenoxy) is 2. The summed E-state index contributed by atoms with van der Waals surface area (Å²) < 4.78 is 9.96. The first-order valence-electron chi connectivity index (χ1n) is 7.85. The van der Waals surface area contributed by atoms with Gasteiger partial charge in [0.1, 0.15) is 12.2 Å². The predicted octanol–water partition coefficient (Wildman–Crippen LogP) is 1.13. The first kappa shape index (κ1) is 18.9. The van der Waals surface area contributed by atoms with Gasteiger partial charge in [-0.05, 0) is 27.7 Å². The molecule has 128 valence electrons. The molecule has 0 aliphatic carbocycles. The minimum Gasteiger partial charge on any atom is -0.462 e. The van der Waals surface area contributed by atoms with Gasteiger partial charge in [-0.2, -0.15) is 0 Å². The second-order valence-corrected chi connectivity index (χ2v) is 6.56. The molecule has 0 unspecified atom stereocenters. The highest BCUT2D eigenvalue weighted by molar-refractivity contribution is 5.74. The lowest BCUT2D eigenvalue weighted by Gasteiger charge is -2.34. The molecule has 0 saturated carbocycles. The van der Waals surface area contributed by atoms with Crippen LogP contribution in [0.3, 0.4) is 0 Å². The molecule has 0 amide bonds. The number of aliphatic hydroxyl groups excluding tert-OH is 2. The molecule has 0 aromatic heterocycles. The maximum Gasteiger partial charge on any atom is 0.311 e. The Kier molecular flexibility index (Phi) is 6.38. The van der Waals surface area contributed by atoms with Crippen molar-refractivity contribution in [3.8, 4) is 0 Å². The molecule has 2 N–H and O–H groups in total. The van der Waals surface area contributed by atoms with Crippen LogP contribution in [-0.2, 0) is 19.1 Å². The van der Waals surface area contributed by atoms with Crippen LogP contribution in [-0.4, -0.2) is 46.6 Å². The Bertz CT molecular complexity index is 371. The van der Waals surface area contributed by atoms with E-state index in [0.717, 1.165) is 0 Å². The Hall–Kier alpha value is -1.14. The summed E-state index contributed by atoms with van der Waals surface area (Å²) in [6.07, 6.45) is -1.42. The number of carbonyl (C=O) groups is 2. The summed E-state index contributed by atoms with van der Waals surface area (Å²) in [5, 5.41) is 19.0. The van der Waals surface area contributed by atoms with Gasteiger partial charge in [0, 0.05) is 11.8 Å². The van der Waals surface area contributed by atoms with E-state index < -0.39 is 12.2 Å². The Morgan fingerprint density at radius 1 is 0.682 bits per heavy atom. The summed E-state index contributed by atoms with van der Waals surface area (Å²) in [7, 11) is 0. The molecule has 2 rings (SSSR count). The van der Waals surface area contributed by atoms with Gasteiger partial charge >= 0.3 is 11.9 Å². The summed E-state index contributed by atoms with van der Waals surface area (Å²) in [5.41, 5.74) is 0. The van der Waals surface area contributed by atoms with Crippen LogP contribution >= 0.6 is 0 Å². The number of hydrogen-bond acceptors (Lipinski definition) is 6. The van der Waals surface area contributed by atoms with Gasteiger partial charge in [-0.25, -0.2) is 0 Å². The van der Waals surface area contributed by atoms with Gasteiger partial charge in [-0.1, -0.05) is 13.8 Å². The molecule has 2 saturated heterocycles. The van der Waals surface area contributed by atoms with Crippen molar-refractivity contribution in [3.63, 3.8) is 0 Å². The van der Waals surface area contributed by atoms with Crippen molar-refractivity contribution in [2.45, 2.75) is 66.0 Å². The molecular weight excluding hydrogens is 288 g/mol. The van der Waals surface area contributed by atoms with Gasteiger partial charge in [-0.3, -0.25) is 9.59 Å². The zero-order chi connectivity index (χ0) is 17.2. The SMILES string of the molecule is C[C@@H]1[C@H](O)[C@@H](C)C(=O)O[C@@H]1C.C[C@@H]1[C@H](O)[C@@H](C)C(=O)O[C@H]1C. The molecule has 0 radical (unpaired) electrons. The van der Waals surface area contributed by atoms with Crippen LogP contribution in [0.4, 0.5) is 0 Å². The van der Waals surface area contributed by atoms with Crippen LogP contribution in [0.2, 0.25) is 0 Å². The molecule has 0 bridgehead atoms. The van der Waals surface area contributed by atoms with E-state index in [4.69, 9.17) is 9.47 Å². The van der Waals surface area contributed by atoms with E-state index in [1.54, 1.807) is 27.7 Å². The van der Waals surface area contributed by atoms with E-state index in [0.29, 0.717) is 0 Å². The standard InChI is InChI=1S/2C8H14O3/c2*1-4-6(3)11-8(10)5(2)7(4)9/h2*4-7,9H,1-3H3/t4-,5+,6+,7-;4-,5+,6-,7-/m00/s1. The maximum atomic E-state index is 11.0. The molecule has 6 nitrogen and oxygen atoms in total. The number of esters is 2. The average Bonchev–Trinajstić information content (AvgIpc) is 2.47. The fourth-order valence-corrected chi connectivity index (χ4v) is 2.54. The van der Waals surface area contributed by atoms with Crippen LogP contribution in [0.25, 0.3) is 0 Å². The van der Waals surface area contributed by atoms with Crippen molar-refractivity contribution >= 4 is 11.9 Å². The van der Waals surface area contributed by atoms with Gasteiger partial charge in [0.05, 0.1) is 24.0 Å². The van der Waals surface area contributed by atoms with E-state index in [1.807, 2.05) is 13.8 Å². The Balaban J connectivity index is 0.000000220. The lowest BCUT2D eigenvalue weighted by Crippen LogP contribution is -2.45. The smallest absolute Gasteiger partial charge is 0.311 e. The Labute approximate surface area is 131 Å². The highest BCUT2D eigenvalue weighted by Gasteiger charge is 2.38. The van der Waals surface area contributed by atoms with Crippen molar-refractivity contribution in [2.75, 3.05) is 0 Å². The molecule has 22 heavy (non-hydrogen) atoms. The first-order chi connectivity index (χ1) is 10.1. The summed E-state index contributed by atoms with van der Waals surface area (Å²) >= 11 is 0. The largest absolute Gasteiger partial charge is 0.462 e. The number of hydrogen-bond donors (Lipinski definition) is 2. The minimum absolute atomic E-state index is 0.0442. The van der Waals surface area contributed by atoms with Gasteiger partial charge < -0.3 is 19.7 Å². The summed E-state index contributed by atoms with van der Waals surface area (Å²) in [6.45, 7) is 10.8. The molecular formula is C16H28O6. The third-order valence-corrected chi connectivity index (χ3v) is 4.93. The van der Waals surface area contributed by atoms with Crippen molar-refractivity contribution in [1.82, 2.24) is 0 Å². The van der Waals surface area contributed by atoms with Crippen LogP contribution < -0.4 is 0 Å². The van der Waals surface area contributed by atoms with Crippen molar-refractivity contribution in [3.05, 3.63) is 0 Å². The fourth-order valence-electron chi connectivity index (χ4n) is 2.54. The summed E-state index contributed by atoms with van der Waals surface area (Å²) in [4.78, 5) is 22.0. The monoisotopic (exact) mass is 316 g/mol. The normalized spacial score (nSPS) is 45.3. The molecule has 2 aliphatic heterocycles. The third kappa shape index (κ3) is 3.98. The van der Waals surface area contributed by atoms with Crippen molar-refractivity contribution < 1.29 is 29.3 Å². The van der Waals surface area contributed by atoms with E-state index >= 15 is 0 Å². The highest BCUT2D eigenvalue weighted by Crippen LogP contribution is 2.26. The van der Waals surface area contributed by atoms with Crippen molar-refractivity contribution in [2.24, 2.45) is 23.7 Å². The molecule has 8 atom stereocenters. The number of aliphatic hydroxyl groups is 2. The second kappa shape index (κ2) is 7.42. The molecule has 6 heteroatoms. The third-order valence-electron chi connectivity index (χ3n) is 4.93. The van der Waals surface area contributed by atoms with Gasteiger partial charge in [0.15, 0.2) is 0 Å². The predicted molar refractivity (Wildman–Crippen MR) is 79.8 cm³/mol. The topological polar surface area (TPSA) is 93.1 Å². The van der Waals surface area contributed by atoms with Crippen LogP contribution in [0.5, 0.6) is 0 Å². The molecule has 2 aliphatic rings. The van der Waals surface area contributed by atoms with Crippen LogP contribution in [0.15, 0.2) is 0 Å². The minimum atomic E-state index is -0.550. The van der Waals surface area contributed by atoms with Gasteiger partial charge in [-0.15, -0.1) is 0 Å². The fraction of sp³-hybridized carbons (Fsp3) is 0.875. The number of cyclic esters (lactones) is 2. The molecule has 0 spiro atoms. The molecule has 0 aromatic carbocycles. The second-order valence-electron chi connectivity index (χ2n) is 6.56. The lowest BCUT2D eigenvalue weighted by molar-refractivity contribution is -0.176. The summed E-state index contributed by atoms with van der Waals surface area (Å²) in [6, 6.07) is 0. The van der Waals surface area contributed by atoms with E-state index in [9.17, 15) is 19.8 Å². The first-order valence-corrected chi connectivity index (χ1v) is 7.85. The van der Waals surface area contributed by atoms with E-state index in [-0.39, 0.29) is 47.8 Å².